The maximum atomic E-state index is 10.4. The third kappa shape index (κ3) is 2.24. The molecule has 10 nitrogen and oxygen atoms in total. The molecule has 1 rings (SSSR count). The number of hydrogen-bond donors (Lipinski definition) is 1. The zero-order chi connectivity index (χ0) is 11.6. The Bertz CT molecular complexity index is 437. The molecule has 0 saturated heterocycles. The standard InChI is InChI=1S/C5H4N4O6/c10-5(11)2-7-4(9(14)15)1-3(6-7)8(12)13/h1H,2H2,(H,10,11). The van der Waals surface area contributed by atoms with Gasteiger partial charge in [-0.15, -0.1) is 0 Å². The van der Waals surface area contributed by atoms with Gasteiger partial charge in [0.2, 0.25) is 6.54 Å². The largest absolute Gasteiger partial charge is 0.478 e. The molecule has 0 amide bonds. The number of aliphatic carboxylic acids is 1. The van der Waals surface area contributed by atoms with Crippen LogP contribution >= 0.6 is 0 Å². The van der Waals surface area contributed by atoms with Crippen LogP contribution in [0.1, 0.15) is 0 Å². The van der Waals surface area contributed by atoms with Gasteiger partial charge in [-0.3, -0.25) is 0 Å². The van der Waals surface area contributed by atoms with Crippen LogP contribution in [0.5, 0.6) is 0 Å². The Balaban J connectivity index is 3.17. The molecule has 0 aliphatic carbocycles. The van der Waals surface area contributed by atoms with Gasteiger partial charge in [0.05, 0.1) is 0 Å². The van der Waals surface area contributed by atoms with Gasteiger partial charge in [0.15, 0.2) is 0 Å². The summed E-state index contributed by atoms with van der Waals surface area (Å²) in [5.74, 6) is -2.87. The Hall–Kier alpha value is -2.52. The lowest BCUT2D eigenvalue weighted by molar-refractivity contribution is -0.395. The van der Waals surface area contributed by atoms with E-state index in [9.17, 15) is 25.0 Å². The number of hydrogen-bond acceptors (Lipinski definition) is 6. The van der Waals surface area contributed by atoms with Crippen LogP contribution < -0.4 is 0 Å². The van der Waals surface area contributed by atoms with E-state index >= 15 is 0 Å². The Morgan fingerprint density at radius 1 is 1.47 bits per heavy atom. The van der Waals surface area contributed by atoms with Crippen molar-refractivity contribution in [2.75, 3.05) is 0 Å². The summed E-state index contributed by atoms with van der Waals surface area (Å²) in [6.45, 7) is -0.801. The van der Waals surface area contributed by atoms with E-state index in [1.807, 2.05) is 0 Å². The summed E-state index contributed by atoms with van der Waals surface area (Å²) in [6.07, 6.45) is 0. The molecule has 1 aromatic heterocycles. The minimum atomic E-state index is -1.38. The molecule has 1 aromatic rings. The average molecular weight is 216 g/mol. The fraction of sp³-hybridized carbons (Fsp3) is 0.200. The van der Waals surface area contributed by atoms with E-state index in [0.29, 0.717) is 10.7 Å². The predicted molar refractivity (Wildman–Crippen MR) is 43.2 cm³/mol. The van der Waals surface area contributed by atoms with Gasteiger partial charge in [0, 0.05) is 0 Å². The quantitative estimate of drug-likeness (QED) is 0.541. The van der Waals surface area contributed by atoms with Crippen molar-refractivity contribution < 1.29 is 19.7 Å². The molecule has 0 aliphatic rings. The van der Waals surface area contributed by atoms with Gasteiger partial charge in [0.25, 0.3) is 0 Å². The number of rotatable bonds is 4. The second-order valence-corrected chi connectivity index (χ2v) is 2.43. The minimum Gasteiger partial charge on any atom is -0.478 e. The third-order valence-corrected chi connectivity index (χ3v) is 1.40. The molecule has 0 atom stereocenters. The predicted octanol–water partition coefficient (Wildman–Crippen LogP) is -0.216. The smallest absolute Gasteiger partial charge is 0.420 e. The van der Waals surface area contributed by atoms with Crippen LogP contribution in [0.3, 0.4) is 0 Å². The first kappa shape index (κ1) is 10.6. The summed E-state index contributed by atoms with van der Waals surface area (Å²) in [7, 11) is 0. The van der Waals surface area contributed by atoms with Crippen LogP contribution in [0, 0.1) is 20.2 Å². The maximum absolute atomic E-state index is 10.4. The van der Waals surface area contributed by atoms with Crippen molar-refractivity contribution in [3.8, 4) is 0 Å². The molecule has 0 unspecified atom stereocenters. The van der Waals surface area contributed by atoms with E-state index < -0.39 is 34.0 Å². The molecular formula is C5H4N4O6. The molecule has 15 heavy (non-hydrogen) atoms. The molecule has 80 valence electrons. The monoisotopic (exact) mass is 216 g/mol. The topological polar surface area (TPSA) is 141 Å². The van der Waals surface area contributed by atoms with Gasteiger partial charge in [-0.1, -0.05) is 0 Å². The molecule has 0 fully saturated rings. The molecule has 10 heteroatoms. The lowest BCUT2D eigenvalue weighted by atomic mass is 10.6. The molecule has 1 N–H and O–H groups in total. The van der Waals surface area contributed by atoms with Crippen molar-refractivity contribution in [2.24, 2.45) is 0 Å². The van der Waals surface area contributed by atoms with Gasteiger partial charge in [0.1, 0.15) is 11.2 Å². The summed E-state index contributed by atoms with van der Waals surface area (Å²) in [5.41, 5.74) is 0. The van der Waals surface area contributed by atoms with Crippen molar-refractivity contribution in [1.82, 2.24) is 9.78 Å². The van der Waals surface area contributed by atoms with Crippen LogP contribution in [0.25, 0.3) is 0 Å². The minimum absolute atomic E-state index is 0.445. The van der Waals surface area contributed by atoms with Crippen LogP contribution in [0.2, 0.25) is 0 Å². The first-order chi connectivity index (χ1) is 6.91. The van der Waals surface area contributed by atoms with Gasteiger partial charge in [-0.05, 0) is 14.5 Å². The summed E-state index contributed by atoms with van der Waals surface area (Å²) in [5, 5.41) is 32.1. The SMILES string of the molecule is O=C(O)Cn1nc([N+](=O)[O-])cc1[N+](=O)[O-]. The normalized spacial score (nSPS) is 9.87. The number of nitrogens with zero attached hydrogens (tertiary/aromatic N) is 4. The summed E-state index contributed by atoms with van der Waals surface area (Å²) in [4.78, 5) is 29.0. The molecule has 0 aliphatic heterocycles. The second kappa shape index (κ2) is 3.69. The van der Waals surface area contributed by atoms with Crippen molar-refractivity contribution in [1.29, 1.82) is 0 Å². The molecule has 0 saturated carbocycles. The fourth-order valence-electron chi connectivity index (χ4n) is 0.874. The summed E-state index contributed by atoms with van der Waals surface area (Å²) in [6, 6.07) is 0.600. The highest BCUT2D eigenvalue weighted by molar-refractivity contribution is 5.66. The third-order valence-electron chi connectivity index (χ3n) is 1.40. The zero-order valence-electron chi connectivity index (χ0n) is 7.06. The average Bonchev–Trinajstić information content (AvgIpc) is 2.46. The zero-order valence-corrected chi connectivity index (χ0v) is 7.06. The Kier molecular flexibility index (Phi) is 2.60. The number of aromatic nitrogens is 2. The van der Waals surface area contributed by atoms with Gasteiger partial charge >= 0.3 is 17.6 Å². The van der Waals surface area contributed by atoms with E-state index in [4.69, 9.17) is 5.11 Å². The molecule has 0 aromatic carbocycles. The molecule has 0 bridgehead atoms. The van der Waals surface area contributed by atoms with E-state index in [1.54, 1.807) is 0 Å². The molecule has 0 radical (unpaired) electrons. The molecule has 1 heterocycles. The Morgan fingerprint density at radius 3 is 2.47 bits per heavy atom. The van der Waals surface area contributed by atoms with E-state index in [0.717, 1.165) is 0 Å². The number of carboxylic acid groups (broad SMARTS) is 1. The van der Waals surface area contributed by atoms with E-state index in [2.05, 4.69) is 5.10 Å². The summed E-state index contributed by atoms with van der Waals surface area (Å²) < 4.78 is 0.445. The lowest BCUT2D eigenvalue weighted by Gasteiger charge is -1.90. The highest BCUT2D eigenvalue weighted by Crippen LogP contribution is 2.18. The first-order valence-electron chi connectivity index (χ1n) is 3.50. The van der Waals surface area contributed by atoms with Gasteiger partial charge in [-0.2, -0.15) is 0 Å². The number of nitro groups is 2. The summed E-state index contributed by atoms with van der Waals surface area (Å²) >= 11 is 0. The maximum Gasteiger partial charge on any atom is 0.420 e. The van der Waals surface area contributed by atoms with Crippen molar-refractivity contribution >= 4 is 17.6 Å². The lowest BCUT2D eigenvalue weighted by Crippen LogP contribution is -2.12. The van der Waals surface area contributed by atoms with Gasteiger partial charge in [-0.25, -0.2) is 4.79 Å². The van der Waals surface area contributed by atoms with E-state index in [-0.39, 0.29) is 0 Å². The Morgan fingerprint density at radius 2 is 2.07 bits per heavy atom. The van der Waals surface area contributed by atoms with Crippen LogP contribution in [0.4, 0.5) is 11.6 Å². The van der Waals surface area contributed by atoms with Crippen LogP contribution in [-0.2, 0) is 11.3 Å². The van der Waals surface area contributed by atoms with E-state index in [1.165, 1.54) is 0 Å². The first-order valence-corrected chi connectivity index (χ1v) is 3.50. The highest BCUT2D eigenvalue weighted by Gasteiger charge is 2.28. The van der Waals surface area contributed by atoms with Gasteiger partial charge < -0.3 is 25.3 Å². The molecular weight excluding hydrogens is 212 g/mol. The van der Waals surface area contributed by atoms with Crippen molar-refractivity contribution in [3.63, 3.8) is 0 Å². The fourth-order valence-corrected chi connectivity index (χ4v) is 0.874. The second-order valence-electron chi connectivity index (χ2n) is 2.43. The van der Waals surface area contributed by atoms with Crippen LogP contribution in [0.15, 0.2) is 6.07 Å². The highest BCUT2D eigenvalue weighted by atomic mass is 16.6. The molecule has 0 spiro atoms. The van der Waals surface area contributed by atoms with Crippen LogP contribution in [-0.4, -0.2) is 30.7 Å². The number of carboxylic acids is 1. The Labute approximate surface area is 81.0 Å². The van der Waals surface area contributed by atoms with Crippen molar-refractivity contribution in [2.45, 2.75) is 6.54 Å². The van der Waals surface area contributed by atoms with Crippen molar-refractivity contribution in [3.05, 3.63) is 26.3 Å². The number of carbonyl (C=O) groups is 1.